The van der Waals surface area contributed by atoms with Crippen molar-refractivity contribution in [1.82, 2.24) is 0 Å². The first-order valence-electron chi connectivity index (χ1n) is 6.73. The Kier molecular flexibility index (Phi) is 7.02. The second kappa shape index (κ2) is 8.27. The molecule has 5 heteroatoms. The van der Waals surface area contributed by atoms with Gasteiger partial charge in [-0.3, -0.25) is 4.79 Å². The van der Waals surface area contributed by atoms with Crippen LogP contribution < -0.4 is 4.74 Å². The molecule has 112 valence electrons. The zero-order valence-corrected chi connectivity index (χ0v) is 13.6. The Morgan fingerprint density at radius 3 is 2.65 bits per heavy atom. The minimum atomic E-state index is -0.943. The van der Waals surface area contributed by atoms with Crippen LogP contribution in [0.4, 0.5) is 0 Å². The fourth-order valence-corrected chi connectivity index (χ4v) is 2.50. The molecule has 4 nitrogen and oxygen atoms in total. The smallest absolute Gasteiger partial charge is 0.311 e. The molecule has 0 aromatic heterocycles. The summed E-state index contributed by atoms with van der Waals surface area (Å²) in [6.45, 7) is 4.03. The number of esters is 1. The average Bonchev–Trinajstić information content (AvgIpc) is 2.44. The predicted octanol–water partition coefficient (Wildman–Crippen LogP) is 3.47. The van der Waals surface area contributed by atoms with Crippen LogP contribution in [0.5, 0.6) is 5.75 Å². The number of ether oxygens (including phenoxy) is 2. The number of hydrogen-bond donors (Lipinski definition) is 1. The van der Waals surface area contributed by atoms with Crippen molar-refractivity contribution in [2.45, 2.75) is 32.8 Å². The van der Waals surface area contributed by atoms with Crippen molar-refractivity contribution in [1.29, 1.82) is 0 Å². The molecule has 0 amide bonds. The van der Waals surface area contributed by atoms with Crippen LogP contribution in [0.2, 0.25) is 0 Å². The first kappa shape index (κ1) is 17.0. The molecule has 0 aliphatic carbocycles. The van der Waals surface area contributed by atoms with Gasteiger partial charge in [0.1, 0.15) is 5.75 Å². The van der Waals surface area contributed by atoms with Gasteiger partial charge in [-0.05, 0) is 31.5 Å². The molecule has 0 heterocycles. The zero-order chi connectivity index (χ0) is 15.1. The quantitative estimate of drug-likeness (QED) is 0.769. The van der Waals surface area contributed by atoms with E-state index in [1.165, 1.54) is 0 Å². The largest absolute Gasteiger partial charge is 0.496 e. The summed E-state index contributed by atoms with van der Waals surface area (Å²) >= 11 is 3.37. The summed E-state index contributed by atoms with van der Waals surface area (Å²) in [4.78, 5) is 12.0. The molecular formula is C15H21BrO4. The molecule has 2 unspecified atom stereocenters. The van der Waals surface area contributed by atoms with Crippen LogP contribution in [-0.4, -0.2) is 24.8 Å². The van der Waals surface area contributed by atoms with Gasteiger partial charge in [0.15, 0.2) is 0 Å². The van der Waals surface area contributed by atoms with Crippen LogP contribution >= 0.6 is 15.9 Å². The van der Waals surface area contributed by atoms with Gasteiger partial charge in [-0.1, -0.05) is 29.3 Å². The Balaban J connectivity index is 3.07. The third-order valence-electron chi connectivity index (χ3n) is 3.08. The fourth-order valence-electron chi connectivity index (χ4n) is 2.12. The summed E-state index contributed by atoms with van der Waals surface area (Å²) < 4.78 is 11.1. The molecule has 1 N–H and O–H groups in total. The van der Waals surface area contributed by atoms with Crippen LogP contribution in [-0.2, 0) is 9.53 Å². The van der Waals surface area contributed by atoms with Crippen molar-refractivity contribution in [2.24, 2.45) is 5.92 Å². The maximum Gasteiger partial charge on any atom is 0.311 e. The van der Waals surface area contributed by atoms with E-state index in [1.807, 2.05) is 13.0 Å². The Hall–Kier alpha value is -1.07. The zero-order valence-electron chi connectivity index (χ0n) is 12.1. The normalized spacial score (nSPS) is 13.7. The van der Waals surface area contributed by atoms with Gasteiger partial charge in [-0.15, -0.1) is 0 Å². The van der Waals surface area contributed by atoms with Crippen molar-refractivity contribution >= 4 is 21.9 Å². The van der Waals surface area contributed by atoms with Gasteiger partial charge in [-0.2, -0.15) is 0 Å². The van der Waals surface area contributed by atoms with E-state index in [4.69, 9.17) is 9.47 Å². The predicted molar refractivity (Wildman–Crippen MR) is 80.7 cm³/mol. The van der Waals surface area contributed by atoms with Crippen LogP contribution in [0, 0.1) is 5.92 Å². The molecule has 1 aromatic rings. The Morgan fingerprint density at radius 2 is 2.10 bits per heavy atom. The molecule has 0 fully saturated rings. The highest BCUT2D eigenvalue weighted by atomic mass is 79.9. The van der Waals surface area contributed by atoms with Gasteiger partial charge >= 0.3 is 5.97 Å². The molecule has 1 aromatic carbocycles. The number of benzene rings is 1. The van der Waals surface area contributed by atoms with Crippen molar-refractivity contribution < 1.29 is 19.4 Å². The number of carbonyl (C=O) groups is 1. The molecule has 0 saturated heterocycles. The molecule has 0 saturated carbocycles. The number of hydrogen-bond acceptors (Lipinski definition) is 4. The fraction of sp³-hybridized carbons (Fsp3) is 0.533. The molecule has 1 rings (SSSR count). The van der Waals surface area contributed by atoms with Crippen LogP contribution in [0.15, 0.2) is 22.7 Å². The summed E-state index contributed by atoms with van der Waals surface area (Å²) in [6, 6.07) is 5.36. The first-order valence-corrected chi connectivity index (χ1v) is 7.52. The summed E-state index contributed by atoms with van der Waals surface area (Å²) in [5, 5.41) is 10.5. The highest BCUT2D eigenvalue weighted by Crippen LogP contribution is 2.34. The Labute approximate surface area is 128 Å². The van der Waals surface area contributed by atoms with E-state index in [-0.39, 0.29) is 5.97 Å². The minimum absolute atomic E-state index is 0.307. The number of aliphatic hydroxyl groups excluding tert-OH is 1. The summed E-state index contributed by atoms with van der Waals surface area (Å²) in [7, 11) is 1.54. The monoisotopic (exact) mass is 344 g/mol. The third kappa shape index (κ3) is 4.21. The lowest BCUT2D eigenvalue weighted by molar-refractivity contribution is -0.152. The number of methoxy groups -OCH3 is 1. The number of rotatable bonds is 7. The van der Waals surface area contributed by atoms with Gasteiger partial charge < -0.3 is 14.6 Å². The standard InChI is InChI=1S/C15H21BrO4/c1-4-6-11(15(18)20-5-2)14(17)12-9-10(16)7-8-13(12)19-3/h7-9,11,14,17H,4-6H2,1-3H3. The van der Waals surface area contributed by atoms with E-state index in [0.717, 1.165) is 10.9 Å². The van der Waals surface area contributed by atoms with E-state index in [2.05, 4.69) is 15.9 Å². The SMILES string of the molecule is CCCC(C(=O)OCC)C(O)c1cc(Br)ccc1OC. The second-order valence-corrected chi connectivity index (χ2v) is 5.39. The van der Waals surface area contributed by atoms with E-state index in [1.54, 1.807) is 26.2 Å². The first-order chi connectivity index (χ1) is 9.54. The van der Waals surface area contributed by atoms with Crippen molar-refractivity contribution in [3.05, 3.63) is 28.2 Å². The van der Waals surface area contributed by atoms with Gasteiger partial charge in [0.25, 0.3) is 0 Å². The van der Waals surface area contributed by atoms with Crippen LogP contribution in [0.1, 0.15) is 38.4 Å². The second-order valence-electron chi connectivity index (χ2n) is 4.48. The number of halogens is 1. The molecule has 0 aliphatic rings. The molecule has 20 heavy (non-hydrogen) atoms. The van der Waals surface area contributed by atoms with E-state index in [9.17, 15) is 9.90 Å². The number of carbonyl (C=O) groups excluding carboxylic acids is 1. The molecule has 0 radical (unpaired) electrons. The Bertz CT molecular complexity index is 447. The maximum atomic E-state index is 12.0. The van der Waals surface area contributed by atoms with Gasteiger partial charge in [-0.25, -0.2) is 0 Å². The molecule has 0 spiro atoms. The summed E-state index contributed by atoms with van der Waals surface area (Å²) in [5.74, 6) is -0.391. The maximum absolute atomic E-state index is 12.0. The minimum Gasteiger partial charge on any atom is -0.496 e. The highest BCUT2D eigenvalue weighted by Gasteiger charge is 2.30. The third-order valence-corrected chi connectivity index (χ3v) is 3.57. The summed E-state index contributed by atoms with van der Waals surface area (Å²) in [5.41, 5.74) is 0.591. The molecule has 0 bridgehead atoms. The molecule has 0 aliphatic heterocycles. The van der Waals surface area contributed by atoms with Crippen molar-refractivity contribution in [2.75, 3.05) is 13.7 Å². The lowest BCUT2D eigenvalue weighted by Crippen LogP contribution is -2.25. The molecular weight excluding hydrogens is 324 g/mol. The highest BCUT2D eigenvalue weighted by molar-refractivity contribution is 9.10. The van der Waals surface area contributed by atoms with Gasteiger partial charge in [0.05, 0.1) is 25.7 Å². The van der Waals surface area contributed by atoms with Gasteiger partial charge in [0, 0.05) is 10.0 Å². The lowest BCUT2D eigenvalue weighted by Gasteiger charge is -2.23. The lowest BCUT2D eigenvalue weighted by atomic mass is 9.91. The van der Waals surface area contributed by atoms with Crippen LogP contribution in [0.25, 0.3) is 0 Å². The average molecular weight is 345 g/mol. The summed E-state index contributed by atoms with van der Waals surface area (Å²) in [6.07, 6.45) is 0.411. The number of aliphatic hydroxyl groups is 1. The van der Waals surface area contributed by atoms with Crippen LogP contribution in [0.3, 0.4) is 0 Å². The van der Waals surface area contributed by atoms with E-state index < -0.39 is 12.0 Å². The van der Waals surface area contributed by atoms with E-state index >= 15 is 0 Å². The topological polar surface area (TPSA) is 55.8 Å². The van der Waals surface area contributed by atoms with Crippen molar-refractivity contribution in [3.8, 4) is 5.75 Å². The van der Waals surface area contributed by atoms with Crippen molar-refractivity contribution in [3.63, 3.8) is 0 Å². The van der Waals surface area contributed by atoms with E-state index in [0.29, 0.717) is 24.3 Å². The Morgan fingerprint density at radius 1 is 1.40 bits per heavy atom. The van der Waals surface area contributed by atoms with Gasteiger partial charge in [0.2, 0.25) is 0 Å². The molecule has 2 atom stereocenters.